The highest BCUT2D eigenvalue weighted by atomic mass is 32.2. The van der Waals surface area contributed by atoms with Crippen LogP contribution in [0.1, 0.15) is 45.0 Å². The summed E-state index contributed by atoms with van der Waals surface area (Å²) >= 11 is 0. The topological polar surface area (TPSA) is 94.6 Å². The molecule has 0 aliphatic carbocycles. The molecule has 1 unspecified atom stereocenters. The Labute approximate surface area is 130 Å². The van der Waals surface area contributed by atoms with E-state index in [0.717, 1.165) is 17.3 Å². The quantitative estimate of drug-likeness (QED) is 0.720. The molecule has 0 bridgehead atoms. The fraction of sp³-hybridized carbons (Fsp3) is 0.846. The van der Waals surface area contributed by atoms with Crippen molar-refractivity contribution in [2.75, 3.05) is 19.4 Å². The molecule has 2 heterocycles. The Bertz CT molecular complexity index is 649. The Kier molecular flexibility index (Phi) is 5.41. The minimum Gasteiger partial charge on any atom is -0.296 e. The number of aryl methyl sites for hydroxylation is 1. The molecule has 126 valence electrons. The molecule has 1 aliphatic rings. The maximum absolute atomic E-state index is 12.4. The molecule has 1 aliphatic heterocycles. The Balaban J connectivity index is 2.15. The van der Waals surface area contributed by atoms with Crippen molar-refractivity contribution >= 4 is 10.0 Å². The van der Waals surface area contributed by atoms with Gasteiger partial charge < -0.3 is 0 Å². The van der Waals surface area contributed by atoms with Crippen molar-refractivity contribution in [3.05, 3.63) is 16.4 Å². The van der Waals surface area contributed by atoms with Gasteiger partial charge >= 0.3 is 5.76 Å². The normalized spacial score (nSPS) is 19.4. The summed E-state index contributed by atoms with van der Waals surface area (Å²) in [6.45, 7) is 4.20. The van der Waals surface area contributed by atoms with E-state index in [1.807, 2.05) is 13.8 Å². The summed E-state index contributed by atoms with van der Waals surface area (Å²) < 4.78 is 31.8. The van der Waals surface area contributed by atoms with Gasteiger partial charge in [-0.2, -0.15) is 0 Å². The molecule has 0 N–H and O–H groups in total. The number of aromatic nitrogens is 2. The van der Waals surface area contributed by atoms with Gasteiger partial charge in [-0.3, -0.25) is 13.9 Å². The lowest BCUT2D eigenvalue weighted by Gasteiger charge is -2.22. The molecule has 1 atom stereocenters. The number of rotatable bonds is 6. The van der Waals surface area contributed by atoms with Crippen LogP contribution in [0.15, 0.2) is 9.32 Å². The van der Waals surface area contributed by atoms with Crippen LogP contribution >= 0.6 is 0 Å². The van der Waals surface area contributed by atoms with E-state index in [9.17, 15) is 13.2 Å². The van der Waals surface area contributed by atoms with Crippen LogP contribution < -0.4 is 5.76 Å². The van der Waals surface area contributed by atoms with E-state index < -0.39 is 21.8 Å². The molecular weight excluding hydrogens is 310 g/mol. The van der Waals surface area contributed by atoms with E-state index in [-0.39, 0.29) is 11.7 Å². The second kappa shape index (κ2) is 6.93. The third kappa shape index (κ3) is 3.96. The van der Waals surface area contributed by atoms with Gasteiger partial charge in [0.1, 0.15) is 0 Å². The largest absolute Gasteiger partial charge is 0.441 e. The van der Waals surface area contributed by atoms with Crippen molar-refractivity contribution in [2.24, 2.45) is 5.92 Å². The molecule has 0 radical (unpaired) electrons. The van der Waals surface area contributed by atoms with Gasteiger partial charge in [0.15, 0.2) is 5.82 Å². The van der Waals surface area contributed by atoms with Gasteiger partial charge in [0, 0.05) is 13.5 Å². The molecule has 8 nitrogen and oxygen atoms in total. The predicted molar refractivity (Wildman–Crippen MR) is 79.7 cm³/mol. The van der Waals surface area contributed by atoms with Crippen molar-refractivity contribution in [3.63, 3.8) is 0 Å². The Hall–Kier alpha value is -1.19. The highest BCUT2D eigenvalue weighted by Gasteiger charge is 2.30. The first-order chi connectivity index (χ1) is 10.3. The number of hydrogen-bond donors (Lipinski definition) is 0. The Morgan fingerprint density at radius 3 is 2.86 bits per heavy atom. The summed E-state index contributed by atoms with van der Waals surface area (Å²) in [7, 11) is -2.25. The Morgan fingerprint density at radius 2 is 2.18 bits per heavy atom. The number of hydrogen-bond acceptors (Lipinski definition) is 6. The van der Waals surface area contributed by atoms with Crippen LogP contribution in [0.2, 0.25) is 0 Å². The van der Waals surface area contributed by atoms with Gasteiger partial charge in [0.05, 0.1) is 18.4 Å². The third-order valence-corrected chi connectivity index (χ3v) is 5.34. The molecular formula is C13H23N3O5S. The van der Waals surface area contributed by atoms with E-state index in [1.165, 1.54) is 11.6 Å². The molecule has 1 aromatic heterocycles. The maximum atomic E-state index is 12.4. The molecule has 1 aromatic rings. The van der Waals surface area contributed by atoms with Gasteiger partial charge in [-0.25, -0.2) is 13.2 Å². The summed E-state index contributed by atoms with van der Waals surface area (Å²) in [6, 6.07) is -0.466. The smallest absolute Gasteiger partial charge is 0.296 e. The SMILES string of the molecule is CC(C)CON(C)S(=O)(=O)CC1CCCCc2noc(=O)n21. The zero-order chi connectivity index (χ0) is 16.3. The fourth-order valence-corrected chi connectivity index (χ4v) is 3.68. The van der Waals surface area contributed by atoms with Crippen molar-refractivity contribution < 1.29 is 17.8 Å². The van der Waals surface area contributed by atoms with Crippen LogP contribution in [0.25, 0.3) is 0 Å². The Morgan fingerprint density at radius 1 is 1.45 bits per heavy atom. The monoisotopic (exact) mass is 333 g/mol. The highest BCUT2D eigenvalue weighted by Crippen LogP contribution is 2.23. The predicted octanol–water partition coefficient (Wildman–Crippen LogP) is 0.953. The third-order valence-electron chi connectivity index (χ3n) is 3.64. The lowest BCUT2D eigenvalue weighted by atomic mass is 10.1. The molecule has 0 aromatic carbocycles. The zero-order valence-corrected chi connectivity index (χ0v) is 14.0. The summed E-state index contributed by atoms with van der Waals surface area (Å²) in [5, 5.41) is 3.74. The second-order valence-corrected chi connectivity index (χ2v) is 8.02. The lowest BCUT2D eigenvalue weighted by Crippen LogP contribution is -2.36. The van der Waals surface area contributed by atoms with Crippen LogP contribution in [0.3, 0.4) is 0 Å². The minimum absolute atomic E-state index is 0.199. The van der Waals surface area contributed by atoms with Gasteiger partial charge in [-0.1, -0.05) is 29.9 Å². The van der Waals surface area contributed by atoms with E-state index in [0.29, 0.717) is 25.3 Å². The average molecular weight is 333 g/mol. The number of hydroxylamine groups is 1. The molecule has 9 heteroatoms. The van der Waals surface area contributed by atoms with Crippen LogP contribution in [0.5, 0.6) is 0 Å². The van der Waals surface area contributed by atoms with Crippen molar-refractivity contribution in [2.45, 2.75) is 45.6 Å². The maximum Gasteiger partial charge on any atom is 0.441 e. The van der Waals surface area contributed by atoms with Gasteiger partial charge in [-0.15, -0.1) is 0 Å². The number of nitrogens with zero attached hydrogens (tertiary/aromatic N) is 3. The first-order valence-corrected chi connectivity index (χ1v) is 9.09. The highest BCUT2D eigenvalue weighted by molar-refractivity contribution is 7.88. The lowest BCUT2D eigenvalue weighted by molar-refractivity contribution is -0.0767. The van der Waals surface area contributed by atoms with Crippen molar-refractivity contribution in [1.82, 2.24) is 14.2 Å². The van der Waals surface area contributed by atoms with E-state index in [1.54, 1.807) is 0 Å². The van der Waals surface area contributed by atoms with E-state index in [4.69, 9.17) is 4.84 Å². The van der Waals surface area contributed by atoms with Gasteiger partial charge in [-0.05, 0) is 18.8 Å². The molecule has 0 saturated carbocycles. The molecule has 0 spiro atoms. The molecule has 22 heavy (non-hydrogen) atoms. The minimum atomic E-state index is -3.63. The van der Waals surface area contributed by atoms with Gasteiger partial charge in [0.2, 0.25) is 10.0 Å². The van der Waals surface area contributed by atoms with Gasteiger partial charge in [0.25, 0.3) is 0 Å². The standard InChI is InChI=1S/C13H23N3O5S/c1-10(2)8-20-15(3)22(18,19)9-11-6-4-5-7-12-14-21-13(17)16(11)12/h10-11H,4-9H2,1-3H3. The van der Waals surface area contributed by atoms with Crippen LogP contribution in [0, 0.1) is 5.92 Å². The van der Waals surface area contributed by atoms with E-state index in [2.05, 4.69) is 9.68 Å². The molecule has 0 saturated heterocycles. The van der Waals surface area contributed by atoms with Crippen LogP contribution in [-0.2, 0) is 21.3 Å². The first kappa shape index (κ1) is 17.2. The van der Waals surface area contributed by atoms with Crippen LogP contribution in [0.4, 0.5) is 0 Å². The zero-order valence-electron chi connectivity index (χ0n) is 13.2. The second-order valence-electron chi connectivity index (χ2n) is 6.01. The van der Waals surface area contributed by atoms with Crippen molar-refractivity contribution in [1.29, 1.82) is 0 Å². The molecule has 0 amide bonds. The molecule has 2 rings (SSSR count). The summed E-state index contributed by atoms with van der Waals surface area (Å²) in [5.74, 6) is -0.0467. The summed E-state index contributed by atoms with van der Waals surface area (Å²) in [4.78, 5) is 17.1. The summed E-state index contributed by atoms with van der Waals surface area (Å²) in [5.41, 5.74) is 0. The summed E-state index contributed by atoms with van der Waals surface area (Å²) in [6.07, 6.45) is 2.94. The first-order valence-electron chi connectivity index (χ1n) is 7.48. The average Bonchev–Trinajstić information content (AvgIpc) is 2.68. The van der Waals surface area contributed by atoms with Crippen molar-refractivity contribution in [3.8, 4) is 0 Å². The number of sulfonamides is 1. The molecule has 0 fully saturated rings. The van der Waals surface area contributed by atoms with E-state index >= 15 is 0 Å². The fourth-order valence-electron chi connectivity index (χ4n) is 2.44. The van der Waals surface area contributed by atoms with Crippen LogP contribution in [-0.4, -0.2) is 42.0 Å². The number of fused-ring (bicyclic) bond motifs is 1.